The molecule has 0 fully saturated rings. The van der Waals surface area contributed by atoms with Crippen molar-refractivity contribution in [2.45, 2.75) is 6.42 Å². The second-order valence-corrected chi connectivity index (χ2v) is 5.34. The van der Waals surface area contributed by atoms with Crippen molar-refractivity contribution in [1.29, 1.82) is 0 Å². The van der Waals surface area contributed by atoms with Crippen LogP contribution in [0.1, 0.15) is 5.56 Å². The molecule has 0 unspecified atom stereocenters. The van der Waals surface area contributed by atoms with Crippen molar-refractivity contribution in [1.82, 2.24) is 10.3 Å². The molecule has 19 heavy (non-hydrogen) atoms. The smallest absolute Gasteiger partial charge is 0.230 e. The molecule has 1 aromatic heterocycles. The van der Waals surface area contributed by atoms with Crippen LogP contribution in [0.5, 0.6) is 0 Å². The van der Waals surface area contributed by atoms with Crippen molar-refractivity contribution in [3.63, 3.8) is 0 Å². The molecule has 1 aromatic carbocycles. The largest absolute Gasteiger partial charge is 0.396 e. The van der Waals surface area contributed by atoms with Crippen LogP contribution < -0.4 is 5.32 Å². The molecule has 1 heterocycles. The minimum atomic E-state index is 0.0262. The van der Waals surface area contributed by atoms with Crippen LogP contribution in [0.25, 0.3) is 10.9 Å². The fourth-order valence-corrected chi connectivity index (χ4v) is 2.52. The first-order valence-corrected chi connectivity index (χ1v) is 7.47. The molecular weight excluding hydrogens is 260 g/mol. The van der Waals surface area contributed by atoms with Crippen LogP contribution in [-0.2, 0) is 11.2 Å². The minimum absolute atomic E-state index is 0.0262. The first-order chi connectivity index (χ1) is 9.31. The van der Waals surface area contributed by atoms with Crippen molar-refractivity contribution in [3.05, 3.63) is 36.0 Å². The number of benzene rings is 1. The fraction of sp³-hybridized carbons (Fsp3) is 0.357. The van der Waals surface area contributed by atoms with Gasteiger partial charge < -0.3 is 15.4 Å². The Morgan fingerprint density at radius 1 is 1.37 bits per heavy atom. The van der Waals surface area contributed by atoms with Crippen molar-refractivity contribution in [2.24, 2.45) is 0 Å². The maximum atomic E-state index is 11.5. The van der Waals surface area contributed by atoms with E-state index in [0.717, 1.165) is 11.9 Å². The lowest BCUT2D eigenvalue weighted by Gasteiger charge is -2.04. The number of aliphatic hydroxyl groups excluding tert-OH is 1. The first-order valence-electron chi connectivity index (χ1n) is 6.31. The molecule has 0 bridgehead atoms. The van der Waals surface area contributed by atoms with E-state index in [-0.39, 0.29) is 12.5 Å². The predicted molar refractivity (Wildman–Crippen MR) is 79.4 cm³/mol. The van der Waals surface area contributed by atoms with Gasteiger partial charge in [-0.2, -0.15) is 0 Å². The number of carbonyl (C=O) groups is 1. The number of hydrogen-bond donors (Lipinski definition) is 3. The molecule has 4 nitrogen and oxygen atoms in total. The molecule has 102 valence electrons. The van der Waals surface area contributed by atoms with E-state index in [9.17, 15) is 4.79 Å². The maximum Gasteiger partial charge on any atom is 0.230 e. The van der Waals surface area contributed by atoms with Crippen LogP contribution in [0.15, 0.2) is 30.5 Å². The summed E-state index contributed by atoms with van der Waals surface area (Å²) >= 11 is 1.44. The van der Waals surface area contributed by atoms with E-state index in [0.29, 0.717) is 18.1 Å². The van der Waals surface area contributed by atoms with E-state index in [4.69, 9.17) is 5.11 Å². The quantitative estimate of drug-likeness (QED) is 0.673. The minimum Gasteiger partial charge on any atom is -0.396 e. The zero-order valence-corrected chi connectivity index (χ0v) is 11.5. The number of rotatable bonds is 7. The van der Waals surface area contributed by atoms with E-state index in [2.05, 4.69) is 16.4 Å². The molecule has 0 radical (unpaired) electrons. The Hall–Kier alpha value is -1.46. The summed E-state index contributed by atoms with van der Waals surface area (Å²) in [7, 11) is 0. The topological polar surface area (TPSA) is 65.1 Å². The molecule has 3 N–H and O–H groups in total. The molecular formula is C14H18N2O2S. The Bertz CT molecular complexity index is 539. The van der Waals surface area contributed by atoms with Crippen molar-refractivity contribution >= 4 is 28.6 Å². The number of hydrogen-bond acceptors (Lipinski definition) is 3. The average molecular weight is 278 g/mol. The van der Waals surface area contributed by atoms with Crippen LogP contribution in [0.4, 0.5) is 0 Å². The van der Waals surface area contributed by atoms with Gasteiger partial charge in [0.2, 0.25) is 5.91 Å². The van der Waals surface area contributed by atoms with Crippen molar-refractivity contribution < 1.29 is 9.90 Å². The lowest BCUT2D eigenvalue weighted by Crippen LogP contribution is -2.27. The Balaban J connectivity index is 1.78. The van der Waals surface area contributed by atoms with Crippen LogP contribution in [0.3, 0.4) is 0 Å². The number of aliphatic hydroxyl groups is 1. The first kappa shape index (κ1) is 14.0. The standard InChI is InChI=1S/C14H18N2O2S/c17-7-8-19-10-14(18)15-6-5-11-9-16-13-4-2-1-3-12(11)13/h1-4,9,16-17H,5-8,10H2,(H,15,18). The summed E-state index contributed by atoms with van der Waals surface area (Å²) < 4.78 is 0. The Kier molecular flexibility index (Phi) is 5.30. The molecule has 0 aliphatic rings. The van der Waals surface area contributed by atoms with Gasteiger partial charge in [0, 0.05) is 29.4 Å². The summed E-state index contributed by atoms with van der Waals surface area (Å²) in [6.07, 6.45) is 2.82. The summed E-state index contributed by atoms with van der Waals surface area (Å²) in [6, 6.07) is 8.15. The van der Waals surface area contributed by atoms with E-state index in [1.807, 2.05) is 24.4 Å². The second kappa shape index (κ2) is 7.21. The highest BCUT2D eigenvalue weighted by atomic mass is 32.2. The van der Waals surface area contributed by atoms with Gasteiger partial charge in [-0.1, -0.05) is 18.2 Å². The Morgan fingerprint density at radius 2 is 2.21 bits per heavy atom. The number of amides is 1. The number of fused-ring (bicyclic) bond motifs is 1. The molecule has 2 rings (SSSR count). The Labute approximate surface area is 116 Å². The van der Waals surface area contributed by atoms with Gasteiger partial charge in [-0.3, -0.25) is 4.79 Å². The molecule has 1 amide bonds. The molecule has 0 aliphatic carbocycles. The van der Waals surface area contributed by atoms with E-state index >= 15 is 0 Å². The van der Waals surface area contributed by atoms with Gasteiger partial charge in [-0.25, -0.2) is 0 Å². The normalized spacial score (nSPS) is 10.8. The predicted octanol–water partition coefficient (Wildman–Crippen LogP) is 1.55. The summed E-state index contributed by atoms with van der Waals surface area (Å²) in [4.78, 5) is 14.7. The summed E-state index contributed by atoms with van der Waals surface area (Å²) in [5.41, 5.74) is 2.35. The third-order valence-corrected chi connectivity index (χ3v) is 3.80. The second-order valence-electron chi connectivity index (χ2n) is 4.24. The Morgan fingerprint density at radius 3 is 3.05 bits per heavy atom. The molecule has 0 aliphatic heterocycles. The van der Waals surface area contributed by atoms with Crippen LogP contribution in [0.2, 0.25) is 0 Å². The average Bonchev–Trinajstić information content (AvgIpc) is 2.83. The van der Waals surface area contributed by atoms with Gasteiger partial charge in [-0.05, 0) is 18.1 Å². The van der Waals surface area contributed by atoms with Gasteiger partial charge in [0.25, 0.3) is 0 Å². The number of H-pyrrole nitrogens is 1. The maximum absolute atomic E-state index is 11.5. The monoisotopic (exact) mass is 278 g/mol. The summed E-state index contributed by atoms with van der Waals surface area (Å²) in [5.74, 6) is 1.04. The molecule has 5 heteroatoms. The molecule has 0 saturated carbocycles. The zero-order valence-electron chi connectivity index (χ0n) is 10.7. The third-order valence-electron chi connectivity index (χ3n) is 2.86. The van der Waals surface area contributed by atoms with Gasteiger partial charge >= 0.3 is 0 Å². The zero-order chi connectivity index (χ0) is 13.5. The fourth-order valence-electron chi connectivity index (χ4n) is 1.96. The van der Waals surface area contributed by atoms with Crippen LogP contribution >= 0.6 is 11.8 Å². The van der Waals surface area contributed by atoms with E-state index in [1.165, 1.54) is 22.7 Å². The van der Waals surface area contributed by atoms with Gasteiger partial charge in [0.1, 0.15) is 0 Å². The number of para-hydroxylation sites is 1. The number of carbonyl (C=O) groups excluding carboxylic acids is 1. The van der Waals surface area contributed by atoms with E-state index < -0.39 is 0 Å². The number of nitrogens with one attached hydrogen (secondary N) is 2. The number of thioether (sulfide) groups is 1. The lowest BCUT2D eigenvalue weighted by molar-refractivity contribution is -0.118. The number of aromatic nitrogens is 1. The molecule has 0 atom stereocenters. The van der Waals surface area contributed by atoms with Crippen molar-refractivity contribution in [3.8, 4) is 0 Å². The molecule has 0 saturated heterocycles. The van der Waals surface area contributed by atoms with Gasteiger partial charge in [0.15, 0.2) is 0 Å². The lowest BCUT2D eigenvalue weighted by atomic mass is 10.1. The highest BCUT2D eigenvalue weighted by Crippen LogP contribution is 2.17. The third kappa shape index (κ3) is 4.01. The molecule has 2 aromatic rings. The summed E-state index contributed by atoms with van der Waals surface area (Å²) in [6.45, 7) is 0.758. The van der Waals surface area contributed by atoms with Crippen molar-refractivity contribution in [2.75, 3.05) is 24.7 Å². The van der Waals surface area contributed by atoms with E-state index in [1.54, 1.807) is 0 Å². The van der Waals surface area contributed by atoms with Crippen LogP contribution in [0, 0.1) is 0 Å². The van der Waals surface area contributed by atoms with Gasteiger partial charge in [-0.15, -0.1) is 11.8 Å². The summed E-state index contributed by atoms with van der Waals surface area (Å²) in [5, 5.41) is 12.7. The highest BCUT2D eigenvalue weighted by molar-refractivity contribution is 7.99. The number of aromatic amines is 1. The SMILES string of the molecule is O=C(CSCCO)NCCc1c[nH]c2ccccc12. The van der Waals surface area contributed by atoms with Crippen LogP contribution in [-0.4, -0.2) is 40.7 Å². The van der Waals surface area contributed by atoms with Gasteiger partial charge in [0.05, 0.1) is 12.4 Å². The molecule has 0 spiro atoms. The highest BCUT2D eigenvalue weighted by Gasteiger charge is 2.04.